The normalized spacial score (nSPS) is 24.4. The first-order chi connectivity index (χ1) is 6.59. The van der Waals surface area contributed by atoms with Gasteiger partial charge in [-0.2, -0.15) is 0 Å². The van der Waals surface area contributed by atoms with Crippen LogP contribution in [0.3, 0.4) is 0 Å². The summed E-state index contributed by atoms with van der Waals surface area (Å²) in [6.07, 6.45) is 3.39. The molecule has 1 saturated heterocycles. The van der Waals surface area contributed by atoms with Gasteiger partial charge in [-0.3, -0.25) is 4.90 Å². The van der Waals surface area contributed by atoms with Gasteiger partial charge in [-0.15, -0.1) is 0 Å². The van der Waals surface area contributed by atoms with Crippen LogP contribution in [0, 0.1) is 0 Å². The molecule has 1 aliphatic heterocycles. The maximum atomic E-state index is 9.15. The van der Waals surface area contributed by atoms with Crippen LogP contribution >= 0.6 is 0 Å². The number of methoxy groups -OCH3 is 1. The number of hydrogen-bond acceptors (Lipinski definition) is 3. The minimum absolute atomic E-state index is 0.0391. The summed E-state index contributed by atoms with van der Waals surface area (Å²) < 4.78 is 5.38. The fraction of sp³-hybridized carbons (Fsp3) is 1.00. The summed E-state index contributed by atoms with van der Waals surface area (Å²) in [7, 11) is 1.76. The second kappa shape index (κ2) is 5.10. The van der Waals surface area contributed by atoms with Gasteiger partial charge in [-0.1, -0.05) is 0 Å². The molecule has 0 unspecified atom stereocenters. The summed E-state index contributed by atoms with van der Waals surface area (Å²) in [6, 6.07) is 0.391. The smallest absolute Gasteiger partial charge is 0.0634 e. The lowest BCUT2D eigenvalue weighted by Gasteiger charge is -2.28. The molecule has 1 aliphatic rings. The van der Waals surface area contributed by atoms with E-state index < -0.39 is 0 Å². The molecule has 0 saturated carbocycles. The monoisotopic (exact) mass is 201 g/mol. The molecule has 84 valence electrons. The second-order valence-corrected chi connectivity index (χ2v) is 4.73. The molecule has 3 nitrogen and oxygen atoms in total. The maximum absolute atomic E-state index is 9.15. The Morgan fingerprint density at radius 2 is 2.21 bits per heavy atom. The van der Waals surface area contributed by atoms with Gasteiger partial charge in [0, 0.05) is 19.7 Å². The topological polar surface area (TPSA) is 32.7 Å². The number of aliphatic hydroxyl groups excluding tert-OH is 1. The largest absolute Gasteiger partial charge is 0.395 e. The molecule has 0 aromatic heterocycles. The molecular weight excluding hydrogens is 178 g/mol. The fourth-order valence-corrected chi connectivity index (χ4v) is 1.91. The number of rotatable bonds is 5. The second-order valence-electron chi connectivity index (χ2n) is 4.73. The summed E-state index contributed by atoms with van der Waals surface area (Å²) >= 11 is 0. The van der Waals surface area contributed by atoms with E-state index in [9.17, 15) is 0 Å². The Morgan fingerprint density at radius 1 is 1.50 bits per heavy atom. The third-order valence-electron chi connectivity index (χ3n) is 3.26. The van der Waals surface area contributed by atoms with E-state index in [1.807, 2.05) is 0 Å². The molecule has 0 bridgehead atoms. The molecule has 0 amide bonds. The maximum Gasteiger partial charge on any atom is 0.0634 e. The quantitative estimate of drug-likeness (QED) is 0.727. The molecular formula is C11H23NO2. The molecule has 1 rings (SSSR count). The van der Waals surface area contributed by atoms with E-state index in [-0.39, 0.29) is 5.60 Å². The van der Waals surface area contributed by atoms with E-state index in [2.05, 4.69) is 18.7 Å². The zero-order valence-corrected chi connectivity index (χ0v) is 9.62. The van der Waals surface area contributed by atoms with Crippen LogP contribution in [0.15, 0.2) is 0 Å². The van der Waals surface area contributed by atoms with E-state index >= 15 is 0 Å². The van der Waals surface area contributed by atoms with Crippen molar-refractivity contribution in [3.8, 4) is 0 Å². The molecule has 1 heterocycles. The highest BCUT2D eigenvalue weighted by molar-refractivity contribution is 4.80. The van der Waals surface area contributed by atoms with Gasteiger partial charge in [0.25, 0.3) is 0 Å². The summed E-state index contributed by atoms with van der Waals surface area (Å²) in [5.74, 6) is 0. The summed E-state index contributed by atoms with van der Waals surface area (Å²) in [6.45, 7) is 6.68. The molecule has 0 spiro atoms. The van der Waals surface area contributed by atoms with Gasteiger partial charge in [-0.05, 0) is 39.7 Å². The molecule has 0 aromatic rings. The molecule has 0 aromatic carbocycles. The molecule has 3 heteroatoms. The highest BCUT2D eigenvalue weighted by Crippen LogP contribution is 2.20. The highest BCUT2D eigenvalue weighted by atomic mass is 16.5. The number of nitrogens with zero attached hydrogens (tertiary/aromatic N) is 1. The van der Waals surface area contributed by atoms with Crippen LogP contribution in [0.4, 0.5) is 0 Å². The Hall–Kier alpha value is -0.120. The molecule has 0 aliphatic carbocycles. The van der Waals surface area contributed by atoms with Gasteiger partial charge < -0.3 is 9.84 Å². The predicted molar refractivity (Wildman–Crippen MR) is 57.4 cm³/mol. The van der Waals surface area contributed by atoms with Gasteiger partial charge in [0.2, 0.25) is 0 Å². The van der Waals surface area contributed by atoms with Crippen LogP contribution in [0.5, 0.6) is 0 Å². The fourth-order valence-electron chi connectivity index (χ4n) is 1.91. The lowest BCUT2D eigenvalue weighted by molar-refractivity contribution is 0.00461. The van der Waals surface area contributed by atoms with Crippen LogP contribution in [0.2, 0.25) is 0 Å². The zero-order chi connectivity index (χ0) is 10.6. The number of likely N-dealkylation sites (tertiary alicyclic amines) is 1. The Labute approximate surface area is 87.1 Å². The van der Waals surface area contributed by atoms with Crippen LogP contribution in [-0.2, 0) is 4.74 Å². The average Bonchev–Trinajstić information content (AvgIpc) is 2.62. The van der Waals surface area contributed by atoms with Crippen molar-refractivity contribution in [2.24, 2.45) is 0 Å². The standard InChI is InChI=1S/C11H23NO2/c1-11(2,14-3)6-8-12-7-4-5-10(12)9-13/h10,13H,4-9H2,1-3H3/t10-/m0/s1. The number of ether oxygens (including phenoxy) is 1. The molecule has 1 atom stereocenters. The minimum atomic E-state index is -0.0391. The Bertz CT molecular complexity index is 171. The minimum Gasteiger partial charge on any atom is -0.395 e. The Kier molecular flexibility index (Phi) is 4.35. The summed E-state index contributed by atoms with van der Waals surface area (Å²) in [5.41, 5.74) is -0.0391. The molecule has 1 fully saturated rings. The van der Waals surface area contributed by atoms with Gasteiger partial charge in [0.05, 0.1) is 12.2 Å². The van der Waals surface area contributed by atoms with Crippen molar-refractivity contribution in [1.82, 2.24) is 4.90 Å². The Balaban J connectivity index is 2.30. The van der Waals surface area contributed by atoms with Crippen LogP contribution in [0.25, 0.3) is 0 Å². The van der Waals surface area contributed by atoms with Crippen molar-refractivity contribution in [2.75, 3.05) is 26.8 Å². The van der Waals surface area contributed by atoms with Crippen molar-refractivity contribution in [3.63, 3.8) is 0 Å². The van der Waals surface area contributed by atoms with Crippen molar-refractivity contribution < 1.29 is 9.84 Å². The highest BCUT2D eigenvalue weighted by Gasteiger charge is 2.25. The van der Waals surface area contributed by atoms with E-state index in [4.69, 9.17) is 9.84 Å². The van der Waals surface area contributed by atoms with Crippen molar-refractivity contribution in [2.45, 2.75) is 44.8 Å². The van der Waals surface area contributed by atoms with Crippen LogP contribution in [0.1, 0.15) is 33.1 Å². The van der Waals surface area contributed by atoms with E-state index in [1.165, 1.54) is 6.42 Å². The third kappa shape index (κ3) is 3.23. The van der Waals surface area contributed by atoms with Crippen molar-refractivity contribution in [3.05, 3.63) is 0 Å². The third-order valence-corrected chi connectivity index (χ3v) is 3.26. The van der Waals surface area contributed by atoms with Crippen molar-refractivity contribution in [1.29, 1.82) is 0 Å². The average molecular weight is 201 g/mol. The van der Waals surface area contributed by atoms with Crippen LogP contribution in [-0.4, -0.2) is 48.5 Å². The zero-order valence-electron chi connectivity index (χ0n) is 9.62. The van der Waals surface area contributed by atoms with Gasteiger partial charge in [0.1, 0.15) is 0 Å². The van der Waals surface area contributed by atoms with E-state index in [0.29, 0.717) is 12.6 Å². The first kappa shape index (κ1) is 12.0. The first-order valence-corrected chi connectivity index (χ1v) is 5.49. The molecule has 0 radical (unpaired) electrons. The van der Waals surface area contributed by atoms with Gasteiger partial charge >= 0.3 is 0 Å². The molecule has 1 N–H and O–H groups in total. The summed E-state index contributed by atoms with van der Waals surface area (Å²) in [4.78, 5) is 2.38. The Morgan fingerprint density at radius 3 is 2.79 bits per heavy atom. The first-order valence-electron chi connectivity index (χ1n) is 5.49. The predicted octanol–water partition coefficient (Wildman–Crippen LogP) is 1.26. The number of hydrogen-bond donors (Lipinski definition) is 1. The lowest BCUT2D eigenvalue weighted by Crippen LogP contribution is -2.37. The number of aliphatic hydroxyl groups is 1. The summed E-state index contributed by atoms with van der Waals surface area (Å²) in [5, 5.41) is 9.15. The van der Waals surface area contributed by atoms with Crippen molar-refractivity contribution >= 4 is 0 Å². The SMILES string of the molecule is COC(C)(C)CCN1CCC[C@H]1CO. The lowest BCUT2D eigenvalue weighted by atomic mass is 10.0. The van der Waals surface area contributed by atoms with Gasteiger partial charge in [0.15, 0.2) is 0 Å². The molecule has 14 heavy (non-hydrogen) atoms. The van der Waals surface area contributed by atoms with Crippen LogP contribution < -0.4 is 0 Å². The van der Waals surface area contributed by atoms with E-state index in [0.717, 1.165) is 25.9 Å². The van der Waals surface area contributed by atoms with Gasteiger partial charge in [-0.25, -0.2) is 0 Å². The van der Waals surface area contributed by atoms with E-state index in [1.54, 1.807) is 7.11 Å².